The summed E-state index contributed by atoms with van der Waals surface area (Å²) in [7, 11) is 0. The second kappa shape index (κ2) is 4.94. The lowest BCUT2D eigenvalue weighted by atomic mass is 10.1. The van der Waals surface area contributed by atoms with Crippen LogP contribution in [0.1, 0.15) is 31.1 Å². The van der Waals surface area contributed by atoms with Gasteiger partial charge in [0.1, 0.15) is 0 Å². The van der Waals surface area contributed by atoms with Crippen LogP contribution >= 0.6 is 11.3 Å². The predicted octanol–water partition coefficient (Wildman–Crippen LogP) is 2.49. The van der Waals surface area contributed by atoms with Crippen LogP contribution < -0.4 is 4.90 Å². The maximum atomic E-state index is 5.33. The summed E-state index contributed by atoms with van der Waals surface area (Å²) in [6, 6.07) is 0. The second-order valence-electron chi connectivity index (χ2n) is 3.95. The maximum Gasteiger partial charge on any atom is 0.185 e. The van der Waals surface area contributed by atoms with Crippen LogP contribution in [0.3, 0.4) is 0 Å². The van der Waals surface area contributed by atoms with Gasteiger partial charge in [0, 0.05) is 24.2 Å². The fourth-order valence-corrected chi connectivity index (χ4v) is 2.71. The summed E-state index contributed by atoms with van der Waals surface area (Å²) in [6.45, 7) is 8.10. The third-order valence-corrected chi connectivity index (χ3v) is 4.18. The van der Waals surface area contributed by atoms with Crippen molar-refractivity contribution in [3.05, 3.63) is 11.1 Å². The Labute approximate surface area is 95.1 Å². The van der Waals surface area contributed by atoms with Crippen LogP contribution in [-0.4, -0.2) is 31.3 Å². The predicted molar refractivity (Wildman–Crippen MR) is 63.9 cm³/mol. The Morgan fingerprint density at radius 2 is 2.27 bits per heavy atom. The van der Waals surface area contributed by atoms with Crippen LogP contribution in [0, 0.1) is 0 Å². The van der Waals surface area contributed by atoms with Crippen LogP contribution in [-0.2, 0) is 4.74 Å². The molecule has 0 amide bonds. The summed E-state index contributed by atoms with van der Waals surface area (Å²) in [6.07, 6.45) is 3.22. The van der Waals surface area contributed by atoms with E-state index in [0.29, 0.717) is 5.92 Å². The Morgan fingerprint density at radius 3 is 2.93 bits per heavy atom. The van der Waals surface area contributed by atoms with Crippen LogP contribution in [0.15, 0.2) is 6.20 Å². The third-order valence-electron chi connectivity index (χ3n) is 2.89. The van der Waals surface area contributed by atoms with Crippen molar-refractivity contribution < 1.29 is 4.74 Å². The highest BCUT2D eigenvalue weighted by Crippen LogP contribution is 2.30. The number of rotatable bonds is 3. The quantitative estimate of drug-likeness (QED) is 0.792. The molecule has 2 rings (SSSR count). The number of ether oxygens (including phenoxy) is 1. The average molecular weight is 226 g/mol. The summed E-state index contributed by atoms with van der Waals surface area (Å²) < 4.78 is 5.33. The molecule has 4 heteroatoms. The first-order valence-electron chi connectivity index (χ1n) is 5.59. The van der Waals surface area contributed by atoms with Gasteiger partial charge in [-0.1, -0.05) is 13.8 Å². The van der Waals surface area contributed by atoms with Crippen molar-refractivity contribution in [2.24, 2.45) is 0 Å². The zero-order valence-corrected chi connectivity index (χ0v) is 10.2. The van der Waals surface area contributed by atoms with E-state index in [9.17, 15) is 0 Å². The first-order valence-corrected chi connectivity index (χ1v) is 6.41. The monoisotopic (exact) mass is 226 g/mol. The van der Waals surface area contributed by atoms with Crippen LogP contribution in [0.4, 0.5) is 5.13 Å². The SMILES string of the molecule is CCC(C)c1cnc(N2CCOCC2)s1. The van der Waals surface area contributed by atoms with Crippen molar-refractivity contribution in [3.63, 3.8) is 0 Å². The molecule has 3 nitrogen and oxygen atoms in total. The molecular weight excluding hydrogens is 208 g/mol. The number of anilines is 1. The van der Waals surface area contributed by atoms with Gasteiger partial charge in [0.05, 0.1) is 13.2 Å². The molecule has 15 heavy (non-hydrogen) atoms. The minimum atomic E-state index is 0.636. The molecule has 1 unspecified atom stereocenters. The molecule has 1 fully saturated rings. The van der Waals surface area contributed by atoms with Crippen molar-refractivity contribution in [3.8, 4) is 0 Å². The highest BCUT2D eigenvalue weighted by Gasteiger charge is 2.15. The van der Waals surface area contributed by atoms with Crippen molar-refractivity contribution in [1.82, 2.24) is 4.98 Å². The lowest BCUT2D eigenvalue weighted by Crippen LogP contribution is -2.36. The Bertz CT molecular complexity index is 307. The van der Waals surface area contributed by atoms with Gasteiger partial charge in [-0.3, -0.25) is 0 Å². The molecule has 0 aromatic carbocycles. The van der Waals surface area contributed by atoms with Gasteiger partial charge in [0.15, 0.2) is 5.13 Å². The summed E-state index contributed by atoms with van der Waals surface area (Å²) in [5.41, 5.74) is 0. The zero-order chi connectivity index (χ0) is 10.7. The van der Waals surface area contributed by atoms with E-state index >= 15 is 0 Å². The van der Waals surface area contributed by atoms with E-state index in [2.05, 4.69) is 23.7 Å². The molecule has 1 aliphatic rings. The molecule has 2 heterocycles. The van der Waals surface area contributed by atoms with Gasteiger partial charge in [-0.25, -0.2) is 4.98 Å². The molecule has 0 radical (unpaired) electrons. The average Bonchev–Trinajstić information content (AvgIpc) is 2.78. The number of hydrogen-bond donors (Lipinski definition) is 0. The maximum absolute atomic E-state index is 5.33. The van der Waals surface area contributed by atoms with Gasteiger partial charge in [-0.05, 0) is 12.3 Å². The fourth-order valence-electron chi connectivity index (χ4n) is 1.61. The molecule has 0 bridgehead atoms. The van der Waals surface area contributed by atoms with Gasteiger partial charge < -0.3 is 9.64 Å². The summed E-state index contributed by atoms with van der Waals surface area (Å²) in [5, 5.41) is 1.16. The van der Waals surface area contributed by atoms with Gasteiger partial charge in [-0.15, -0.1) is 11.3 Å². The largest absolute Gasteiger partial charge is 0.378 e. The number of hydrogen-bond acceptors (Lipinski definition) is 4. The van der Waals surface area contributed by atoms with E-state index in [-0.39, 0.29) is 0 Å². The highest BCUT2D eigenvalue weighted by atomic mass is 32.1. The van der Waals surface area contributed by atoms with E-state index in [1.807, 2.05) is 17.5 Å². The number of morpholine rings is 1. The van der Waals surface area contributed by atoms with Crippen molar-refractivity contribution >= 4 is 16.5 Å². The lowest BCUT2D eigenvalue weighted by Gasteiger charge is -2.26. The van der Waals surface area contributed by atoms with Gasteiger partial charge in [0.25, 0.3) is 0 Å². The summed E-state index contributed by atoms with van der Waals surface area (Å²) in [4.78, 5) is 8.22. The smallest absolute Gasteiger partial charge is 0.185 e. The molecule has 1 aliphatic heterocycles. The molecule has 1 atom stereocenters. The van der Waals surface area contributed by atoms with Gasteiger partial charge in [0.2, 0.25) is 0 Å². The Kier molecular flexibility index (Phi) is 3.59. The second-order valence-corrected chi connectivity index (χ2v) is 4.99. The highest BCUT2D eigenvalue weighted by molar-refractivity contribution is 7.15. The molecule has 0 saturated carbocycles. The lowest BCUT2D eigenvalue weighted by molar-refractivity contribution is 0.122. The molecule has 0 N–H and O–H groups in total. The number of nitrogens with zero attached hydrogens (tertiary/aromatic N) is 2. The standard InChI is InChI=1S/C11H18N2OS/c1-3-9(2)10-8-12-11(15-10)13-4-6-14-7-5-13/h8-9H,3-7H2,1-2H3. The molecular formula is C11H18N2OS. The van der Waals surface area contributed by atoms with Crippen LogP contribution in [0.5, 0.6) is 0 Å². The molecule has 1 aromatic heterocycles. The van der Waals surface area contributed by atoms with E-state index < -0.39 is 0 Å². The first-order chi connectivity index (χ1) is 7.31. The summed E-state index contributed by atoms with van der Waals surface area (Å²) in [5.74, 6) is 0.636. The minimum Gasteiger partial charge on any atom is -0.378 e. The van der Waals surface area contributed by atoms with Crippen molar-refractivity contribution in [2.75, 3.05) is 31.2 Å². The van der Waals surface area contributed by atoms with Crippen LogP contribution in [0.25, 0.3) is 0 Å². The van der Waals surface area contributed by atoms with Crippen molar-refractivity contribution in [2.45, 2.75) is 26.2 Å². The molecule has 1 saturated heterocycles. The van der Waals surface area contributed by atoms with E-state index in [4.69, 9.17) is 4.74 Å². The molecule has 0 spiro atoms. The third kappa shape index (κ3) is 2.49. The first kappa shape index (κ1) is 10.9. The topological polar surface area (TPSA) is 25.4 Å². The fraction of sp³-hybridized carbons (Fsp3) is 0.727. The number of aromatic nitrogens is 1. The normalized spacial score (nSPS) is 19.2. The van der Waals surface area contributed by atoms with E-state index in [0.717, 1.165) is 31.4 Å². The Morgan fingerprint density at radius 1 is 1.53 bits per heavy atom. The zero-order valence-electron chi connectivity index (χ0n) is 9.40. The van der Waals surface area contributed by atoms with E-state index in [1.165, 1.54) is 11.3 Å². The number of thiazole rings is 1. The molecule has 0 aliphatic carbocycles. The van der Waals surface area contributed by atoms with Gasteiger partial charge in [-0.2, -0.15) is 0 Å². The van der Waals surface area contributed by atoms with Gasteiger partial charge >= 0.3 is 0 Å². The molecule has 1 aromatic rings. The Hall–Kier alpha value is -0.610. The summed E-state index contributed by atoms with van der Waals surface area (Å²) >= 11 is 1.83. The Balaban J connectivity index is 2.05. The van der Waals surface area contributed by atoms with Crippen LogP contribution in [0.2, 0.25) is 0 Å². The minimum absolute atomic E-state index is 0.636. The van der Waals surface area contributed by atoms with Crippen molar-refractivity contribution in [1.29, 1.82) is 0 Å². The molecule has 84 valence electrons. The van der Waals surface area contributed by atoms with E-state index in [1.54, 1.807) is 0 Å².